The van der Waals surface area contributed by atoms with Gasteiger partial charge in [0, 0.05) is 30.3 Å². The van der Waals surface area contributed by atoms with Gasteiger partial charge in [-0.25, -0.2) is 9.37 Å². The average molecular weight is 304 g/mol. The van der Waals surface area contributed by atoms with Gasteiger partial charge in [-0.05, 0) is 37.8 Å². The number of nitrogens with one attached hydrogen (secondary N) is 1. The lowest BCUT2D eigenvalue weighted by molar-refractivity contribution is 0.0417. The van der Waals surface area contributed by atoms with Crippen LogP contribution in [0.2, 0.25) is 0 Å². The summed E-state index contributed by atoms with van der Waals surface area (Å²) < 4.78 is 24.9. The molecule has 0 bridgehead atoms. The van der Waals surface area contributed by atoms with Crippen LogP contribution in [0.15, 0.2) is 35.1 Å². The molecule has 0 aliphatic carbocycles. The molecule has 2 aromatic rings. The summed E-state index contributed by atoms with van der Waals surface area (Å²) in [6.07, 6.45) is 5.31. The minimum absolute atomic E-state index is 0.240. The molecule has 1 aliphatic rings. The Balaban J connectivity index is 1.60. The summed E-state index contributed by atoms with van der Waals surface area (Å²) in [6.45, 7) is 4.30. The zero-order valence-electron chi connectivity index (χ0n) is 12.7. The zero-order valence-corrected chi connectivity index (χ0v) is 12.7. The van der Waals surface area contributed by atoms with E-state index in [1.165, 1.54) is 18.8 Å². The first-order valence-corrected chi connectivity index (χ1v) is 7.73. The Bertz CT molecular complexity index is 595. The van der Waals surface area contributed by atoms with Gasteiger partial charge in [0.1, 0.15) is 12.1 Å². The quantitative estimate of drug-likeness (QED) is 0.920. The highest BCUT2D eigenvalue weighted by Crippen LogP contribution is 2.21. The summed E-state index contributed by atoms with van der Waals surface area (Å²) >= 11 is 0. The number of ether oxygens (including phenoxy) is 1. The standard InChI is InChI=1S/C17H21FN2O2/c1-12(15-3-2-7-21-11-15)20-10-14-5-4-13(9-16(14)18)17-19-6-8-22-17/h4-6,8-9,12,15,20H,2-3,7,10-11H2,1H3. The van der Waals surface area contributed by atoms with Crippen LogP contribution in [0.5, 0.6) is 0 Å². The van der Waals surface area contributed by atoms with Gasteiger partial charge in [-0.1, -0.05) is 6.07 Å². The summed E-state index contributed by atoms with van der Waals surface area (Å²) in [6, 6.07) is 5.40. The lowest BCUT2D eigenvalue weighted by Gasteiger charge is -2.28. The zero-order chi connectivity index (χ0) is 15.4. The SMILES string of the molecule is CC(NCc1ccc(-c2ncco2)cc1F)C1CCCOC1. The Morgan fingerprint density at radius 3 is 3.05 bits per heavy atom. The molecule has 1 aromatic carbocycles. The molecule has 1 aliphatic heterocycles. The predicted molar refractivity (Wildman–Crippen MR) is 81.7 cm³/mol. The van der Waals surface area contributed by atoms with Gasteiger partial charge in [0.15, 0.2) is 0 Å². The molecule has 1 saturated heterocycles. The van der Waals surface area contributed by atoms with E-state index in [-0.39, 0.29) is 5.82 Å². The topological polar surface area (TPSA) is 47.3 Å². The van der Waals surface area contributed by atoms with Crippen LogP contribution in [0.1, 0.15) is 25.3 Å². The monoisotopic (exact) mass is 304 g/mol. The predicted octanol–water partition coefficient (Wildman–Crippen LogP) is 3.39. The summed E-state index contributed by atoms with van der Waals surface area (Å²) in [5, 5.41) is 3.40. The molecule has 4 nitrogen and oxygen atoms in total. The van der Waals surface area contributed by atoms with Crippen LogP contribution >= 0.6 is 0 Å². The van der Waals surface area contributed by atoms with Crippen molar-refractivity contribution in [3.05, 3.63) is 42.0 Å². The molecule has 22 heavy (non-hydrogen) atoms. The fourth-order valence-corrected chi connectivity index (χ4v) is 2.79. The molecule has 0 saturated carbocycles. The van der Waals surface area contributed by atoms with Crippen molar-refractivity contribution < 1.29 is 13.5 Å². The fraction of sp³-hybridized carbons (Fsp3) is 0.471. The number of hydrogen-bond acceptors (Lipinski definition) is 4. The van der Waals surface area contributed by atoms with Gasteiger partial charge in [0.25, 0.3) is 0 Å². The van der Waals surface area contributed by atoms with Crippen molar-refractivity contribution >= 4 is 0 Å². The molecule has 2 heterocycles. The minimum Gasteiger partial charge on any atom is -0.445 e. The van der Waals surface area contributed by atoms with E-state index in [1.54, 1.807) is 12.3 Å². The highest BCUT2D eigenvalue weighted by molar-refractivity contribution is 5.53. The number of nitrogens with zero attached hydrogens (tertiary/aromatic N) is 1. The summed E-state index contributed by atoms with van der Waals surface area (Å²) in [7, 11) is 0. The maximum atomic E-state index is 14.2. The van der Waals surface area contributed by atoms with Crippen LogP contribution in [-0.2, 0) is 11.3 Å². The van der Waals surface area contributed by atoms with Crippen LogP contribution in [0, 0.1) is 11.7 Å². The third-order valence-corrected chi connectivity index (χ3v) is 4.25. The van der Waals surface area contributed by atoms with Crippen molar-refractivity contribution in [1.29, 1.82) is 0 Å². The molecule has 0 spiro atoms. The summed E-state index contributed by atoms with van der Waals surface area (Å²) in [5.41, 5.74) is 1.30. The highest BCUT2D eigenvalue weighted by atomic mass is 19.1. The van der Waals surface area contributed by atoms with Crippen molar-refractivity contribution in [3.63, 3.8) is 0 Å². The molecule has 1 N–H and O–H groups in total. The Kier molecular flexibility index (Phi) is 4.85. The first-order valence-electron chi connectivity index (χ1n) is 7.73. The van der Waals surface area contributed by atoms with Crippen LogP contribution in [0.4, 0.5) is 4.39 Å². The van der Waals surface area contributed by atoms with E-state index < -0.39 is 0 Å². The molecule has 0 radical (unpaired) electrons. The summed E-state index contributed by atoms with van der Waals surface area (Å²) in [5.74, 6) is 0.699. The second-order valence-corrected chi connectivity index (χ2v) is 5.79. The van der Waals surface area contributed by atoms with Gasteiger partial charge in [0.05, 0.1) is 12.8 Å². The minimum atomic E-state index is -0.240. The van der Waals surface area contributed by atoms with Crippen molar-refractivity contribution in [2.45, 2.75) is 32.4 Å². The van der Waals surface area contributed by atoms with Crippen molar-refractivity contribution in [3.8, 4) is 11.5 Å². The van der Waals surface area contributed by atoms with E-state index in [9.17, 15) is 4.39 Å². The van der Waals surface area contributed by atoms with Gasteiger partial charge < -0.3 is 14.5 Å². The first kappa shape index (κ1) is 15.2. The van der Waals surface area contributed by atoms with E-state index in [0.29, 0.717) is 35.5 Å². The van der Waals surface area contributed by atoms with Gasteiger partial charge >= 0.3 is 0 Å². The van der Waals surface area contributed by atoms with Crippen LogP contribution in [0.25, 0.3) is 11.5 Å². The molecule has 118 valence electrons. The molecular weight excluding hydrogens is 283 g/mol. The molecule has 2 atom stereocenters. The molecule has 3 rings (SSSR count). The maximum absolute atomic E-state index is 14.2. The largest absolute Gasteiger partial charge is 0.445 e. The summed E-state index contributed by atoms with van der Waals surface area (Å²) in [4.78, 5) is 4.03. The Morgan fingerprint density at radius 2 is 2.36 bits per heavy atom. The number of hydrogen-bond donors (Lipinski definition) is 1. The second kappa shape index (κ2) is 7.03. The fourth-order valence-electron chi connectivity index (χ4n) is 2.79. The number of rotatable bonds is 5. The van der Waals surface area contributed by atoms with Gasteiger partial charge in [-0.2, -0.15) is 0 Å². The normalized spacial score (nSPS) is 20.0. The van der Waals surface area contributed by atoms with Gasteiger partial charge in [0.2, 0.25) is 5.89 Å². The number of aromatic nitrogens is 1. The maximum Gasteiger partial charge on any atom is 0.225 e. The van der Waals surface area contributed by atoms with E-state index in [4.69, 9.17) is 9.15 Å². The third kappa shape index (κ3) is 3.54. The Labute approximate surface area is 129 Å². The lowest BCUT2D eigenvalue weighted by atomic mass is 9.95. The van der Waals surface area contributed by atoms with E-state index in [2.05, 4.69) is 17.2 Å². The molecule has 0 amide bonds. The van der Waals surface area contributed by atoms with Gasteiger partial charge in [-0.3, -0.25) is 0 Å². The highest BCUT2D eigenvalue weighted by Gasteiger charge is 2.20. The Hall–Kier alpha value is -1.72. The van der Waals surface area contributed by atoms with Gasteiger partial charge in [-0.15, -0.1) is 0 Å². The lowest BCUT2D eigenvalue weighted by Crippen LogP contribution is -2.37. The van der Waals surface area contributed by atoms with Crippen LogP contribution < -0.4 is 5.32 Å². The number of oxazole rings is 1. The van der Waals surface area contributed by atoms with Crippen molar-refractivity contribution in [1.82, 2.24) is 10.3 Å². The molecule has 2 unspecified atom stereocenters. The van der Waals surface area contributed by atoms with Crippen molar-refractivity contribution in [2.75, 3.05) is 13.2 Å². The van der Waals surface area contributed by atoms with E-state index in [0.717, 1.165) is 19.6 Å². The molecular formula is C17H21FN2O2. The van der Waals surface area contributed by atoms with Crippen LogP contribution in [-0.4, -0.2) is 24.2 Å². The average Bonchev–Trinajstić information content (AvgIpc) is 3.08. The number of benzene rings is 1. The smallest absolute Gasteiger partial charge is 0.225 e. The third-order valence-electron chi connectivity index (χ3n) is 4.25. The van der Waals surface area contributed by atoms with E-state index in [1.807, 2.05) is 6.07 Å². The number of halogens is 1. The second-order valence-electron chi connectivity index (χ2n) is 5.79. The van der Waals surface area contributed by atoms with E-state index >= 15 is 0 Å². The van der Waals surface area contributed by atoms with Crippen molar-refractivity contribution in [2.24, 2.45) is 5.92 Å². The van der Waals surface area contributed by atoms with Crippen LogP contribution in [0.3, 0.4) is 0 Å². The molecule has 1 fully saturated rings. The molecule has 1 aromatic heterocycles. The first-order chi connectivity index (χ1) is 10.7. The molecule has 5 heteroatoms. The Morgan fingerprint density at radius 1 is 1.45 bits per heavy atom.